The highest BCUT2D eigenvalue weighted by Crippen LogP contribution is 2.22. The van der Waals surface area contributed by atoms with Crippen molar-refractivity contribution in [1.82, 2.24) is 1.33 Å². The molecule has 1 aromatic carbocycles. The van der Waals surface area contributed by atoms with Crippen LogP contribution in [0, 0.1) is 0 Å². The third-order valence-electron chi connectivity index (χ3n) is 1.46. The molecule has 0 saturated heterocycles. The fraction of sp³-hybridized carbons (Fsp3) is 0.250. The molecule has 66 valence electrons. The van der Waals surface area contributed by atoms with E-state index >= 15 is 0 Å². The van der Waals surface area contributed by atoms with Crippen LogP contribution in [0.15, 0.2) is 30.3 Å². The third kappa shape index (κ3) is 4.05. The number of hydrogen-bond donors (Lipinski definition) is 0. The van der Waals surface area contributed by atoms with Crippen LogP contribution in [0.25, 0.3) is 0 Å². The van der Waals surface area contributed by atoms with E-state index in [0.29, 0.717) is 4.05 Å². The average Bonchev–Trinajstić information content (AvgIpc) is 2.06. The molecule has 1 unspecified atom stereocenters. The molecule has 0 aliphatic carbocycles. The fourth-order valence-electron chi connectivity index (χ4n) is 0.878. The molecule has 12 heavy (non-hydrogen) atoms. The summed E-state index contributed by atoms with van der Waals surface area (Å²) >= 11 is 7.06. The Morgan fingerprint density at radius 2 is 1.75 bits per heavy atom. The summed E-state index contributed by atoms with van der Waals surface area (Å²) in [6.07, 6.45) is 1.10. The zero-order chi connectivity index (χ0) is 8.97. The Balaban J connectivity index is 2.53. The Hall–Kier alpha value is 1.37. The van der Waals surface area contributed by atoms with E-state index in [1.807, 2.05) is 0 Å². The van der Waals surface area contributed by atoms with E-state index in [1.165, 1.54) is 5.56 Å². The van der Waals surface area contributed by atoms with E-state index < -0.39 is 0 Å². The molecule has 0 spiro atoms. The van der Waals surface area contributed by atoms with Crippen molar-refractivity contribution in [3.8, 4) is 0 Å². The molecule has 0 N–H and O–H groups in total. The minimum Gasteiger partial charge on any atom is -0.175 e. The molecule has 1 aromatic rings. The first-order chi connectivity index (χ1) is 5.70. The fourth-order valence-corrected chi connectivity index (χ4v) is 1.78. The van der Waals surface area contributed by atoms with Crippen molar-refractivity contribution in [2.75, 3.05) is 0 Å². The lowest BCUT2D eigenvalue weighted by atomic mass is 10.2. The molecule has 4 heteroatoms. The van der Waals surface area contributed by atoms with Gasteiger partial charge in [0.25, 0.3) is 0 Å². The average molecular weight is 499 g/mol. The van der Waals surface area contributed by atoms with Gasteiger partial charge in [0.15, 0.2) is 0 Å². The van der Waals surface area contributed by atoms with E-state index in [1.54, 1.807) is 0 Å². The maximum absolute atomic E-state index is 2.45. The Morgan fingerprint density at radius 1 is 1.17 bits per heavy atom. The van der Waals surface area contributed by atoms with Gasteiger partial charge in [0.2, 0.25) is 0 Å². The van der Waals surface area contributed by atoms with Crippen molar-refractivity contribution < 1.29 is 0 Å². The predicted molar refractivity (Wildman–Crippen MR) is 77.8 cm³/mol. The minimum absolute atomic E-state index is 0.561. The van der Waals surface area contributed by atoms with E-state index in [2.05, 4.69) is 100.0 Å². The molecule has 1 atom stereocenters. The van der Waals surface area contributed by atoms with Crippen LogP contribution in [0.1, 0.15) is 5.56 Å². The molecule has 0 aromatic heterocycles. The summed E-state index contributed by atoms with van der Waals surface area (Å²) in [4.78, 5) is 0. The quantitative estimate of drug-likeness (QED) is 0.264. The van der Waals surface area contributed by atoms with Gasteiger partial charge in [-0.05, 0) is 12.0 Å². The number of benzene rings is 1. The smallest absolute Gasteiger partial charge is 0.0851 e. The van der Waals surface area contributed by atoms with E-state index in [-0.39, 0.29) is 0 Å². The molecule has 0 radical (unpaired) electrons. The number of alkyl halides is 1. The molecule has 1 rings (SSSR count). The highest BCUT2D eigenvalue weighted by atomic mass is 127. The van der Waals surface area contributed by atoms with Crippen LogP contribution in [0.4, 0.5) is 0 Å². The summed E-state index contributed by atoms with van der Waals surface area (Å²) in [6.45, 7) is 0. The van der Waals surface area contributed by atoms with Crippen LogP contribution < -0.4 is 0 Å². The number of hydrogen-bond acceptors (Lipinski definition) is 1. The lowest BCUT2D eigenvalue weighted by Gasteiger charge is -2.13. The van der Waals surface area contributed by atoms with Gasteiger partial charge in [0, 0.05) is 45.7 Å². The first kappa shape index (κ1) is 11.4. The number of rotatable bonds is 3. The monoisotopic (exact) mass is 499 g/mol. The Labute approximate surface area is 114 Å². The van der Waals surface area contributed by atoms with Crippen molar-refractivity contribution in [3.63, 3.8) is 0 Å². The van der Waals surface area contributed by atoms with E-state index in [4.69, 9.17) is 0 Å². The summed E-state index contributed by atoms with van der Waals surface area (Å²) in [5, 5.41) is 0. The summed E-state index contributed by atoms with van der Waals surface area (Å²) in [7, 11) is 0. The predicted octanol–water partition coefficient (Wildman–Crippen LogP) is 3.99. The molecule has 0 bridgehead atoms. The van der Waals surface area contributed by atoms with Crippen molar-refractivity contribution >= 4 is 68.3 Å². The van der Waals surface area contributed by atoms with Gasteiger partial charge in [-0.3, -0.25) is 0 Å². The summed E-state index contributed by atoms with van der Waals surface area (Å²) in [6, 6.07) is 10.6. The second kappa shape index (κ2) is 5.97. The molecule has 0 saturated carbocycles. The van der Waals surface area contributed by atoms with Crippen molar-refractivity contribution in [3.05, 3.63) is 35.9 Å². The van der Waals surface area contributed by atoms with Crippen LogP contribution in [0.2, 0.25) is 0 Å². The lowest BCUT2D eigenvalue weighted by molar-refractivity contribution is 0.770. The van der Waals surface area contributed by atoms with Crippen LogP contribution >= 0.6 is 68.3 Å². The van der Waals surface area contributed by atoms with Gasteiger partial charge >= 0.3 is 0 Å². The van der Waals surface area contributed by atoms with Gasteiger partial charge in [0.1, 0.15) is 0 Å². The minimum atomic E-state index is 0.561. The first-order valence-corrected chi connectivity index (χ1v) is 6.66. The number of nitrogens with zero attached hydrogens (tertiary/aromatic N) is 1. The van der Waals surface area contributed by atoms with Gasteiger partial charge < -0.3 is 0 Å². The largest absolute Gasteiger partial charge is 0.175 e. The normalized spacial score (nSPS) is 13.3. The van der Waals surface area contributed by atoms with Gasteiger partial charge in [-0.15, -0.1) is 0 Å². The van der Waals surface area contributed by atoms with Crippen molar-refractivity contribution in [2.45, 2.75) is 10.5 Å². The highest BCUT2D eigenvalue weighted by Gasteiger charge is 2.09. The molecule has 1 nitrogen and oxygen atoms in total. The maximum Gasteiger partial charge on any atom is 0.0851 e. The van der Waals surface area contributed by atoms with Crippen molar-refractivity contribution in [1.29, 1.82) is 0 Å². The topological polar surface area (TPSA) is 3.24 Å². The summed E-state index contributed by atoms with van der Waals surface area (Å²) in [5.74, 6) is 0. The molecule has 0 aliphatic rings. The zero-order valence-corrected chi connectivity index (χ0v) is 12.7. The Bertz CT molecular complexity index is 225. The molecular formula is C8H8I3N. The molecule has 0 heterocycles. The first-order valence-electron chi connectivity index (χ1n) is 3.49. The lowest BCUT2D eigenvalue weighted by Crippen LogP contribution is -2.12. The van der Waals surface area contributed by atoms with E-state index in [9.17, 15) is 0 Å². The van der Waals surface area contributed by atoms with Gasteiger partial charge in [-0.25, -0.2) is 0 Å². The van der Waals surface area contributed by atoms with Gasteiger partial charge in [-0.1, -0.05) is 52.9 Å². The van der Waals surface area contributed by atoms with Crippen molar-refractivity contribution in [2.24, 2.45) is 0 Å². The third-order valence-corrected chi connectivity index (χ3v) is 5.93. The van der Waals surface area contributed by atoms with E-state index in [0.717, 1.165) is 6.42 Å². The van der Waals surface area contributed by atoms with Gasteiger partial charge in [0.05, 0.1) is 4.05 Å². The Morgan fingerprint density at radius 3 is 2.25 bits per heavy atom. The maximum atomic E-state index is 2.45. The highest BCUT2D eigenvalue weighted by molar-refractivity contribution is 14.2. The number of halogens is 3. The second-order valence-corrected chi connectivity index (χ2v) is 7.75. The van der Waals surface area contributed by atoms with Crippen LogP contribution in [0.5, 0.6) is 0 Å². The summed E-state index contributed by atoms with van der Waals surface area (Å²) < 4.78 is 2.73. The van der Waals surface area contributed by atoms with Crippen LogP contribution in [0.3, 0.4) is 0 Å². The van der Waals surface area contributed by atoms with Crippen LogP contribution in [-0.2, 0) is 6.42 Å². The summed E-state index contributed by atoms with van der Waals surface area (Å²) in [5.41, 5.74) is 1.40. The molecular weight excluding hydrogens is 491 g/mol. The van der Waals surface area contributed by atoms with Crippen LogP contribution in [-0.4, -0.2) is 5.38 Å². The Kier molecular flexibility index (Phi) is 5.69. The molecule has 0 aliphatic heterocycles. The standard InChI is InChI=1S/C8H8I3N/c9-8(12(10)11)6-7-4-2-1-3-5-7/h1-5,8H,6H2. The molecule has 0 amide bonds. The molecule has 0 fully saturated rings. The van der Waals surface area contributed by atoms with Gasteiger partial charge in [-0.2, -0.15) is 1.33 Å². The second-order valence-electron chi connectivity index (χ2n) is 2.38. The zero-order valence-electron chi connectivity index (χ0n) is 6.25. The SMILES string of the molecule is IC(Cc1ccccc1)N(I)I.